The predicted octanol–water partition coefficient (Wildman–Crippen LogP) is 5.92. The monoisotopic (exact) mass is 615 g/mol. The van der Waals surface area contributed by atoms with Crippen LogP contribution in [0.4, 0.5) is 23.7 Å². The van der Waals surface area contributed by atoms with Gasteiger partial charge < -0.3 is 19.8 Å². The number of urea groups is 1. The SMILES string of the molecule is CN.O=C(N1CCSCC1)N(Cc1ccc(-c2nnc(C(F)F)o2)cc1F)c1ccccc1.O=COCc1ccccc1. The van der Waals surface area contributed by atoms with Gasteiger partial charge in [-0.2, -0.15) is 20.5 Å². The smallest absolute Gasteiger partial charge is 0.324 e. The molecule has 43 heavy (non-hydrogen) atoms. The lowest BCUT2D eigenvalue weighted by atomic mass is 10.1. The molecule has 1 aliphatic rings. The van der Waals surface area contributed by atoms with Crippen LogP contribution in [0.3, 0.4) is 0 Å². The molecule has 3 aromatic carbocycles. The lowest BCUT2D eigenvalue weighted by Crippen LogP contribution is -2.46. The summed E-state index contributed by atoms with van der Waals surface area (Å²) in [6.45, 7) is 2.11. The average molecular weight is 616 g/mol. The van der Waals surface area contributed by atoms with Gasteiger partial charge in [0.1, 0.15) is 12.4 Å². The molecular formula is C30H32F3N5O4S. The standard InChI is InChI=1S/C21H19F3N4O2S.C8H8O2.CH5N/c22-17-12-14(19-25-26-20(30-19)18(23)24)6-7-15(17)13-28(16-4-2-1-3-5-16)21(29)27-8-10-31-11-9-27;9-7-10-6-8-4-2-1-3-5-8;1-2/h1-7,12,18H,8-11,13H2;1-5,7H,6H2;2H2,1H3. The first-order chi connectivity index (χ1) is 21.0. The van der Waals surface area contributed by atoms with Crippen LogP contribution in [0.2, 0.25) is 0 Å². The van der Waals surface area contributed by atoms with E-state index >= 15 is 0 Å². The number of hydrogen-bond acceptors (Lipinski definition) is 8. The second-order valence-electron chi connectivity index (χ2n) is 8.75. The second kappa shape index (κ2) is 17.6. The van der Waals surface area contributed by atoms with Gasteiger partial charge in [0, 0.05) is 41.4 Å². The summed E-state index contributed by atoms with van der Waals surface area (Å²) in [5.74, 6) is 0.115. The summed E-state index contributed by atoms with van der Waals surface area (Å²) in [6, 6.07) is 22.6. The van der Waals surface area contributed by atoms with Crippen molar-refractivity contribution in [2.24, 2.45) is 5.73 Å². The van der Waals surface area contributed by atoms with E-state index in [4.69, 9.17) is 4.42 Å². The number of thioether (sulfide) groups is 1. The normalized spacial score (nSPS) is 12.4. The minimum Gasteiger partial charge on any atom is -0.463 e. The van der Waals surface area contributed by atoms with Crippen LogP contribution in [-0.2, 0) is 22.7 Å². The molecule has 2 amide bonds. The van der Waals surface area contributed by atoms with Crippen LogP contribution in [0, 0.1) is 5.82 Å². The molecule has 1 saturated heterocycles. The molecule has 228 valence electrons. The topological polar surface area (TPSA) is 115 Å². The third kappa shape index (κ3) is 9.86. The highest BCUT2D eigenvalue weighted by atomic mass is 32.2. The molecule has 0 unspecified atom stereocenters. The van der Waals surface area contributed by atoms with E-state index in [1.54, 1.807) is 28.8 Å². The maximum absolute atomic E-state index is 14.9. The highest BCUT2D eigenvalue weighted by Crippen LogP contribution is 2.27. The minimum absolute atomic E-state index is 0.0186. The van der Waals surface area contributed by atoms with Gasteiger partial charge in [-0.1, -0.05) is 54.6 Å². The highest BCUT2D eigenvalue weighted by Gasteiger charge is 2.25. The number of nitrogens with two attached hydrogens (primary N) is 1. The number of carbonyl (C=O) groups is 2. The van der Waals surface area contributed by atoms with Gasteiger partial charge in [-0.25, -0.2) is 9.18 Å². The lowest BCUT2D eigenvalue weighted by molar-refractivity contribution is -0.129. The Hall–Kier alpha value is -4.36. The van der Waals surface area contributed by atoms with Crippen molar-refractivity contribution in [3.63, 3.8) is 0 Å². The summed E-state index contributed by atoms with van der Waals surface area (Å²) in [5, 5.41) is 6.80. The van der Waals surface area contributed by atoms with Gasteiger partial charge in [0.2, 0.25) is 5.89 Å². The first kappa shape index (κ1) is 33.1. The molecule has 0 bridgehead atoms. The van der Waals surface area contributed by atoms with Crippen LogP contribution >= 0.6 is 11.8 Å². The Kier molecular flexibility index (Phi) is 13.5. The maximum atomic E-state index is 14.9. The number of hydrogen-bond donors (Lipinski definition) is 1. The van der Waals surface area contributed by atoms with Crippen LogP contribution in [0.5, 0.6) is 0 Å². The van der Waals surface area contributed by atoms with Crippen molar-refractivity contribution in [3.05, 3.63) is 102 Å². The molecule has 0 saturated carbocycles. The van der Waals surface area contributed by atoms with Gasteiger partial charge in [0.15, 0.2) is 0 Å². The summed E-state index contributed by atoms with van der Waals surface area (Å²) in [4.78, 5) is 26.2. The number of halogens is 3. The van der Waals surface area contributed by atoms with Crippen LogP contribution < -0.4 is 10.6 Å². The number of aromatic nitrogens is 2. The van der Waals surface area contributed by atoms with E-state index in [0.29, 0.717) is 31.9 Å². The number of para-hydroxylation sites is 1. The van der Waals surface area contributed by atoms with Crippen LogP contribution in [0.1, 0.15) is 23.4 Å². The van der Waals surface area contributed by atoms with Gasteiger partial charge in [-0.15, -0.1) is 10.2 Å². The first-order valence-electron chi connectivity index (χ1n) is 13.2. The maximum Gasteiger partial charge on any atom is 0.324 e. The van der Waals surface area contributed by atoms with E-state index in [9.17, 15) is 22.8 Å². The Morgan fingerprint density at radius 3 is 2.28 bits per heavy atom. The average Bonchev–Trinajstić information content (AvgIpc) is 3.57. The Bertz CT molecular complexity index is 1410. The molecule has 13 heteroatoms. The van der Waals surface area contributed by atoms with E-state index in [-0.39, 0.29) is 29.6 Å². The number of alkyl halides is 2. The molecule has 2 N–H and O–H groups in total. The Balaban J connectivity index is 0.000000356. The molecule has 1 fully saturated rings. The van der Waals surface area contributed by atoms with E-state index in [1.807, 2.05) is 48.5 Å². The van der Waals surface area contributed by atoms with Crippen molar-refractivity contribution in [2.75, 3.05) is 36.5 Å². The molecule has 0 atom stereocenters. The van der Waals surface area contributed by atoms with Crippen molar-refractivity contribution < 1.29 is 31.9 Å². The molecule has 4 aromatic rings. The van der Waals surface area contributed by atoms with Gasteiger partial charge in [0.05, 0.1) is 6.54 Å². The lowest BCUT2D eigenvalue weighted by Gasteiger charge is -2.33. The highest BCUT2D eigenvalue weighted by molar-refractivity contribution is 7.99. The van der Waals surface area contributed by atoms with Crippen LogP contribution in [0.15, 0.2) is 83.3 Å². The van der Waals surface area contributed by atoms with Crippen LogP contribution in [-0.4, -0.2) is 59.2 Å². The van der Waals surface area contributed by atoms with Gasteiger partial charge in [0.25, 0.3) is 12.4 Å². The number of amides is 2. The number of benzene rings is 3. The van der Waals surface area contributed by atoms with E-state index < -0.39 is 18.1 Å². The summed E-state index contributed by atoms with van der Waals surface area (Å²) < 4.78 is 49.6. The molecule has 1 aliphatic heterocycles. The number of ether oxygens (including phenoxy) is 1. The number of nitrogens with zero attached hydrogens (tertiary/aromatic N) is 4. The van der Waals surface area contributed by atoms with E-state index in [1.165, 1.54) is 24.1 Å². The van der Waals surface area contributed by atoms with Crippen molar-refractivity contribution >= 4 is 30.0 Å². The van der Waals surface area contributed by atoms with Crippen molar-refractivity contribution in [3.8, 4) is 11.5 Å². The first-order valence-corrected chi connectivity index (χ1v) is 14.4. The van der Waals surface area contributed by atoms with Gasteiger partial charge in [-0.05, 0) is 36.9 Å². The zero-order valence-electron chi connectivity index (χ0n) is 23.4. The molecule has 0 radical (unpaired) electrons. The molecule has 1 aromatic heterocycles. The number of carbonyl (C=O) groups excluding carboxylic acids is 2. The number of anilines is 1. The molecule has 5 rings (SSSR count). The molecule has 9 nitrogen and oxygen atoms in total. The predicted molar refractivity (Wildman–Crippen MR) is 159 cm³/mol. The summed E-state index contributed by atoms with van der Waals surface area (Å²) in [6.07, 6.45) is -2.90. The zero-order chi connectivity index (χ0) is 31.0. The fourth-order valence-electron chi connectivity index (χ4n) is 3.93. The van der Waals surface area contributed by atoms with E-state index in [0.717, 1.165) is 23.1 Å². The van der Waals surface area contributed by atoms with Crippen molar-refractivity contribution in [1.29, 1.82) is 0 Å². The van der Waals surface area contributed by atoms with Crippen molar-refractivity contribution in [2.45, 2.75) is 19.6 Å². The molecule has 0 spiro atoms. The molecule has 2 heterocycles. The molecule has 0 aliphatic carbocycles. The van der Waals surface area contributed by atoms with Gasteiger partial charge in [-0.3, -0.25) is 9.69 Å². The second-order valence-corrected chi connectivity index (χ2v) is 9.97. The zero-order valence-corrected chi connectivity index (χ0v) is 24.3. The van der Waals surface area contributed by atoms with Crippen molar-refractivity contribution in [1.82, 2.24) is 15.1 Å². The third-order valence-electron chi connectivity index (χ3n) is 6.00. The molecular weight excluding hydrogens is 583 g/mol. The third-order valence-corrected chi connectivity index (χ3v) is 6.94. The summed E-state index contributed by atoms with van der Waals surface area (Å²) >= 11 is 1.79. The number of rotatable bonds is 8. The minimum atomic E-state index is -2.90. The van der Waals surface area contributed by atoms with Gasteiger partial charge >= 0.3 is 12.5 Å². The Labute approximate surface area is 251 Å². The Morgan fingerprint density at radius 1 is 1.05 bits per heavy atom. The summed E-state index contributed by atoms with van der Waals surface area (Å²) in [5.41, 5.74) is 6.63. The fourth-order valence-corrected chi connectivity index (χ4v) is 4.83. The quantitative estimate of drug-likeness (QED) is 0.243. The van der Waals surface area contributed by atoms with E-state index in [2.05, 4.69) is 20.7 Å². The largest absolute Gasteiger partial charge is 0.463 e. The summed E-state index contributed by atoms with van der Waals surface area (Å²) in [7, 11) is 1.50. The van der Waals surface area contributed by atoms with Crippen LogP contribution in [0.25, 0.3) is 11.5 Å². The fraction of sp³-hybridized carbons (Fsp3) is 0.267. The Morgan fingerprint density at radius 2 is 1.70 bits per heavy atom.